The van der Waals surface area contributed by atoms with Crippen molar-refractivity contribution in [3.8, 4) is 0 Å². The first-order chi connectivity index (χ1) is 7.82. The highest BCUT2D eigenvalue weighted by Crippen LogP contribution is 2.77. The fraction of sp³-hybridized carbons (Fsp3) is 0.867. The van der Waals surface area contributed by atoms with Gasteiger partial charge in [0.2, 0.25) is 0 Å². The summed E-state index contributed by atoms with van der Waals surface area (Å²) < 4.78 is 5.94. The maximum Gasteiger partial charge on any atom is 0.118 e. The van der Waals surface area contributed by atoms with Crippen molar-refractivity contribution in [2.24, 2.45) is 22.7 Å². The fourth-order valence-electron chi connectivity index (χ4n) is 5.60. The molecule has 1 spiro atoms. The van der Waals surface area contributed by atoms with Gasteiger partial charge in [-0.3, -0.25) is 0 Å². The molecule has 2 nitrogen and oxygen atoms in total. The number of ether oxygens (including phenoxy) is 1. The van der Waals surface area contributed by atoms with Gasteiger partial charge in [-0.15, -0.1) is 0 Å². The quantitative estimate of drug-likeness (QED) is 0.516. The zero-order chi connectivity index (χ0) is 12.2. The lowest BCUT2D eigenvalue weighted by atomic mass is 9.69. The van der Waals surface area contributed by atoms with Crippen LogP contribution in [0.25, 0.3) is 0 Å². The summed E-state index contributed by atoms with van der Waals surface area (Å²) in [6, 6.07) is 0. The van der Waals surface area contributed by atoms with Crippen LogP contribution in [0.1, 0.15) is 40.0 Å². The van der Waals surface area contributed by atoms with Gasteiger partial charge < -0.3 is 9.84 Å². The summed E-state index contributed by atoms with van der Waals surface area (Å²) in [5.74, 6) is 1.45. The monoisotopic (exact) mass is 234 g/mol. The maximum absolute atomic E-state index is 10.2. The Labute approximate surface area is 103 Å². The first-order valence-corrected chi connectivity index (χ1v) is 6.87. The molecule has 1 saturated heterocycles. The van der Waals surface area contributed by atoms with Crippen molar-refractivity contribution in [1.29, 1.82) is 0 Å². The van der Waals surface area contributed by atoms with Gasteiger partial charge in [0.15, 0.2) is 0 Å². The Morgan fingerprint density at radius 3 is 2.65 bits per heavy atom. The summed E-state index contributed by atoms with van der Waals surface area (Å²) in [5.41, 5.74) is 1.52. The van der Waals surface area contributed by atoms with E-state index in [-0.39, 0.29) is 17.1 Å². The van der Waals surface area contributed by atoms with Crippen LogP contribution < -0.4 is 0 Å². The fourth-order valence-corrected chi connectivity index (χ4v) is 5.60. The van der Waals surface area contributed by atoms with Crippen molar-refractivity contribution >= 4 is 0 Å². The van der Waals surface area contributed by atoms with Gasteiger partial charge in [-0.1, -0.05) is 27.4 Å². The largest absolute Gasteiger partial charge is 0.386 e. The minimum atomic E-state index is -0.412. The Hall–Kier alpha value is -0.340. The third-order valence-electron chi connectivity index (χ3n) is 6.39. The number of epoxide rings is 1. The molecule has 3 saturated carbocycles. The molecule has 3 aliphatic carbocycles. The normalized spacial score (nSPS) is 62.2. The van der Waals surface area contributed by atoms with E-state index in [2.05, 4.69) is 27.4 Å². The highest BCUT2D eigenvalue weighted by Gasteiger charge is 2.83. The Morgan fingerprint density at radius 2 is 1.94 bits per heavy atom. The lowest BCUT2D eigenvalue weighted by Crippen LogP contribution is -2.35. The number of aliphatic hydroxyl groups excluding tert-OH is 1. The summed E-state index contributed by atoms with van der Waals surface area (Å²) in [6.45, 7) is 11.3. The molecule has 0 bridgehead atoms. The zero-order valence-corrected chi connectivity index (χ0v) is 11.0. The van der Waals surface area contributed by atoms with E-state index in [1.807, 2.05) is 0 Å². The van der Waals surface area contributed by atoms with Gasteiger partial charge in [0.05, 0.1) is 0 Å². The second kappa shape index (κ2) is 2.50. The molecule has 4 fully saturated rings. The predicted molar refractivity (Wildman–Crippen MR) is 65.5 cm³/mol. The predicted octanol–water partition coefficient (Wildman–Crippen LogP) is 2.52. The first-order valence-electron chi connectivity index (χ1n) is 6.87. The molecule has 17 heavy (non-hydrogen) atoms. The van der Waals surface area contributed by atoms with Crippen molar-refractivity contribution in [2.75, 3.05) is 0 Å². The van der Waals surface area contributed by atoms with E-state index in [1.165, 1.54) is 12.8 Å². The van der Waals surface area contributed by atoms with Crippen LogP contribution in [-0.4, -0.2) is 22.9 Å². The average molecular weight is 234 g/mol. The molecular formula is C15H22O2. The topological polar surface area (TPSA) is 32.8 Å². The van der Waals surface area contributed by atoms with Gasteiger partial charge in [0.1, 0.15) is 17.8 Å². The summed E-state index contributed by atoms with van der Waals surface area (Å²) >= 11 is 0. The van der Waals surface area contributed by atoms with Gasteiger partial charge in [0.25, 0.3) is 0 Å². The van der Waals surface area contributed by atoms with Crippen LogP contribution in [-0.2, 0) is 4.74 Å². The van der Waals surface area contributed by atoms with Crippen molar-refractivity contribution in [1.82, 2.24) is 0 Å². The van der Waals surface area contributed by atoms with Gasteiger partial charge in [-0.2, -0.15) is 0 Å². The van der Waals surface area contributed by atoms with Gasteiger partial charge in [0, 0.05) is 5.41 Å². The van der Waals surface area contributed by atoms with E-state index in [0.29, 0.717) is 11.3 Å². The van der Waals surface area contributed by atoms with E-state index in [1.54, 1.807) is 0 Å². The number of rotatable bonds is 0. The Balaban J connectivity index is 1.79. The Kier molecular flexibility index (Phi) is 1.56. The summed E-state index contributed by atoms with van der Waals surface area (Å²) in [6.07, 6.45) is 3.38. The average Bonchev–Trinajstić information content (AvgIpc) is 2.77. The van der Waals surface area contributed by atoms with Crippen LogP contribution in [0.5, 0.6) is 0 Å². The van der Waals surface area contributed by atoms with Crippen LogP contribution in [0.3, 0.4) is 0 Å². The number of hydrogen-bond donors (Lipinski definition) is 1. The molecule has 0 aromatic heterocycles. The van der Waals surface area contributed by atoms with E-state index in [9.17, 15) is 5.11 Å². The highest BCUT2D eigenvalue weighted by atomic mass is 16.6. The summed E-state index contributed by atoms with van der Waals surface area (Å²) in [5, 5.41) is 10.2. The zero-order valence-electron chi connectivity index (χ0n) is 11.0. The molecule has 1 heterocycles. The number of fused-ring (bicyclic) bond motifs is 2. The van der Waals surface area contributed by atoms with E-state index < -0.39 is 6.10 Å². The highest BCUT2D eigenvalue weighted by molar-refractivity contribution is 5.43. The Morgan fingerprint density at radius 1 is 1.24 bits per heavy atom. The van der Waals surface area contributed by atoms with Crippen molar-refractivity contribution in [3.63, 3.8) is 0 Å². The molecule has 1 aliphatic heterocycles. The lowest BCUT2D eigenvalue weighted by molar-refractivity contribution is 0.0805. The molecule has 6 atom stereocenters. The molecule has 0 aromatic rings. The SMILES string of the molecule is C=C1[C@@H](O)[C@H]2O[C@]23C[C@H]2CC(C)(C)C[C@H]2[C@]13C. The lowest BCUT2D eigenvalue weighted by Gasteiger charge is -2.36. The maximum atomic E-state index is 10.2. The van der Waals surface area contributed by atoms with E-state index in [0.717, 1.165) is 17.9 Å². The Bertz CT molecular complexity index is 427. The smallest absolute Gasteiger partial charge is 0.118 e. The van der Waals surface area contributed by atoms with Crippen LogP contribution in [0.4, 0.5) is 0 Å². The minimum Gasteiger partial charge on any atom is -0.386 e. The minimum absolute atomic E-state index is 0.0324. The van der Waals surface area contributed by atoms with Crippen molar-refractivity contribution < 1.29 is 9.84 Å². The first kappa shape index (κ1) is 10.6. The van der Waals surface area contributed by atoms with Crippen molar-refractivity contribution in [3.05, 3.63) is 12.2 Å². The third-order valence-corrected chi connectivity index (χ3v) is 6.39. The summed E-state index contributed by atoms with van der Waals surface area (Å²) in [4.78, 5) is 0. The van der Waals surface area contributed by atoms with Gasteiger partial charge >= 0.3 is 0 Å². The van der Waals surface area contributed by atoms with Crippen LogP contribution in [0.15, 0.2) is 12.2 Å². The van der Waals surface area contributed by atoms with E-state index >= 15 is 0 Å². The molecular weight excluding hydrogens is 212 g/mol. The third kappa shape index (κ3) is 0.910. The van der Waals surface area contributed by atoms with Crippen LogP contribution in [0, 0.1) is 22.7 Å². The van der Waals surface area contributed by atoms with Crippen molar-refractivity contribution in [2.45, 2.75) is 57.8 Å². The van der Waals surface area contributed by atoms with Gasteiger partial charge in [-0.05, 0) is 42.1 Å². The second-order valence-corrected chi connectivity index (χ2v) is 7.74. The molecule has 4 rings (SSSR count). The number of hydrogen-bond acceptors (Lipinski definition) is 2. The van der Waals surface area contributed by atoms with Gasteiger partial charge in [-0.25, -0.2) is 0 Å². The molecule has 2 heteroatoms. The molecule has 1 N–H and O–H groups in total. The molecule has 0 aromatic carbocycles. The molecule has 94 valence electrons. The molecule has 0 radical (unpaired) electrons. The van der Waals surface area contributed by atoms with Crippen LogP contribution in [0.2, 0.25) is 0 Å². The van der Waals surface area contributed by atoms with E-state index in [4.69, 9.17) is 4.74 Å². The number of aliphatic hydroxyl groups is 1. The standard InChI is InChI=1S/C15H22O2/c1-8-11(16)12-15(17-12)6-9-5-13(2,3)7-10(9)14(8,15)4/h9-12,16H,1,5-7H2,2-4H3/t9-,10-,11-,12-,14+,15-/m1/s1. The molecule has 0 amide bonds. The molecule has 0 unspecified atom stereocenters. The van der Waals surface area contributed by atoms with Crippen LogP contribution >= 0.6 is 0 Å². The summed E-state index contributed by atoms with van der Waals surface area (Å²) in [7, 11) is 0. The molecule has 4 aliphatic rings. The second-order valence-electron chi connectivity index (χ2n) is 7.74.